The zero-order valence-electron chi connectivity index (χ0n) is 17.4. The van der Waals surface area contributed by atoms with Gasteiger partial charge < -0.3 is 8.92 Å². The highest BCUT2D eigenvalue weighted by Crippen LogP contribution is 2.28. The molecule has 0 atom stereocenters. The number of aldehydes is 1. The van der Waals surface area contributed by atoms with E-state index in [1.165, 1.54) is 24.3 Å². The van der Waals surface area contributed by atoms with E-state index in [2.05, 4.69) is 0 Å². The predicted octanol–water partition coefficient (Wildman–Crippen LogP) is 5.08. The number of rotatable bonds is 7. The van der Waals surface area contributed by atoms with E-state index in [4.69, 9.17) is 8.92 Å². The highest BCUT2D eigenvalue weighted by molar-refractivity contribution is 7.87. The summed E-state index contributed by atoms with van der Waals surface area (Å²) in [7, 11) is -3.99. The van der Waals surface area contributed by atoms with Crippen molar-refractivity contribution < 1.29 is 22.1 Å². The van der Waals surface area contributed by atoms with Gasteiger partial charge >= 0.3 is 10.1 Å². The molecular formula is C24H24O5S. The summed E-state index contributed by atoms with van der Waals surface area (Å²) in [6.45, 7) is 7.62. The third-order valence-electron chi connectivity index (χ3n) is 4.86. The minimum atomic E-state index is -3.99. The first-order valence-electron chi connectivity index (χ1n) is 9.50. The Labute approximate surface area is 177 Å². The number of hydrogen-bond acceptors (Lipinski definition) is 5. The first kappa shape index (κ1) is 21.6. The van der Waals surface area contributed by atoms with Gasteiger partial charge in [-0.3, -0.25) is 4.79 Å². The molecule has 0 heterocycles. The maximum atomic E-state index is 12.6. The van der Waals surface area contributed by atoms with Gasteiger partial charge in [0.25, 0.3) is 0 Å². The summed E-state index contributed by atoms with van der Waals surface area (Å²) in [5, 5.41) is 0. The first-order valence-corrected chi connectivity index (χ1v) is 10.9. The molecule has 0 aliphatic carbocycles. The number of para-hydroxylation sites is 1. The van der Waals surface area contributed by atoms with E-state index < -0.39 is 10.1 Å². The van der Waals surface area contributed by atoms with Crippen molar-refractivity contribution >= 4 is 16.4 Å². The summed E-state index contributed by atoms with van der Waals surface area (Å²) >= 11 is 0. The van der Waals surface area contributed by atoms with E-state index in [9.17, 15) is 13.2 Å². The Bertz CT molecular complexity index is 1160. The van der Waals surface area contributed by atoms with Gasteiger partial charge in [-0.05, 0) is 68.7 Å². The van der Waals surface area contributed by atoms with Gasteiger partial charge in [0.2, 0.25) is 0 Å². The van der Waals surface area contributed by atoms with E-state index in [0.717, 1.165) is 28.7 Å². The monoisotopic (exact) mass is 424 g/mol. The molecule has 0 spiro atoms. The Hall–Kier alpha value is -3.12. The van der Waals surface area contributed by atoms with Crippen LogP contribution in [0.2, 0.25) is 0 Å². The standard InChI is InChI=1S/C24H24O5S/c1-16-8-10-22(11-9-16)30(26,27)29-21-12-19(4)23(14-25)20(13-21)15-28-24-17(2)6-5-7-18(24)3/h5-14H,15H2,1-4H3. The molecule has 0 amide bonds. The van der Waals surface area contributed by atoms with Crippen LogP contribution in [-0.4, -0.2) is 14.7 Å². The number of benzene rings is 3. The maximum absolute atomic E-state index is 12.6. The minimum Gasteiger partial charge on any atom is -0.488 e. The molecule has 6 heteroatoms. The second-order valence-corrected chi connectivity index (χ2v) is 8.84. The van der Waals surface area contributed by atoms with Crippen LogP contribution in [0, 0.1) is 27.7 Å². The molecule has 0 bridgehead atoms. The number of aryl methyl sites for hydroxylation is 4. The van der Waals surface area contributed by atoms with Gasteiger partial charge in [-0.2, -0.15) is 8.42 Å². The smallest absolute Gasteiger partial charge is 0.339 e. The normalized spacial score (nSPS) is 11.2. The van der Waals surface area contributed by atoms with Crippen molar-refractivity contribution in [3.8, 4) is 11.5 Å². The van der Waals surface area contributed by atoms with Gasteiger partial charge in [0.1, 0.15) is 23.0 Å². The van der Waals surface area contributed by atoms with E-state index >= 15 is 0 Å². The van der Waals surface area contributed by atoms with E-state index in [0.29, 0.717) is 16.7 Å². The fraction of sp³-hybridized carbons (Fsp3) is 0.208. The largest absolute Gasteiger partial charge is 0.488 e. The van der Waals surface area contributed by atoms with Crippen LogP contribution in [0.4, 0.5) is 0 Å². The second-order valence-electron chi connectivity index (χ2n) is 7.29. The quantitative estimate of drug-likeness (QED) is 0.391. The summed E-state index contributed by atoms with van der Waals surface area (Å²) in [6.07, 6.45) is 0.747. The number of carbonyl (C=O) groups is 1. The van der Waals surface area contributed by atoms with Crippen LogP contribution in [-0.2, 0) is 16.7 Å². The highest BCUT2D eigenvalue weighted by Gasteiger charge is 2.19. The molecule has 0 fully saturated rings. The molecule has 5 nitrogen and oxygen atoms in total. The van der Waals surface area contributed by atoms with Crippen molar-refractivity contribution in [1.29, 1.82) is 0 Å². The number of carbonyl (C=O) groups excluding carboxylic acids is 1. The molecule has 0 radical (unpaired) electrons. The molecule has 0 unspecified atom stereocenters. The number of hydrogen-bond donors (Lipinski definition) is 0. The molecule has 0 saturated heterocycles. The van der Waals surface area contributed by atoms with Crippen molar-refractivity contribution in [3.05, 3.63) is 88.0 Å². The molecule has 0 aliphatic heterocycles. The molecule has 0 N–H and O–H groups in total. The predicted molar refractivity (Wildman–Crippen MR) is 116 cm³/mol. The molecule has 156 valence electrons. The Balaban J connectivity index is 1.91. The zero-order valence-corrected chi connectivity index (χ0v) is 18.2. The van der Waals surface area contributed by atoms with Crippen molar-refractivity contribution in [2.24, 2.45) is 0 Å². The fourth-order valence-corrected chi connectivity index (χ4v) is 4.14. The van der Waals surface area contributed by atoms with Crippen LogP contribution in [0.5, 0.6) is 11.5 Å². The molecule has 0 saturated carbocycles. The van der Waals surface area contributed by atoms with Crippen LogP contribution in [0.3, 0.4) is 0 Å². The van der Waals surface area contributed by atoms with E-state index in [-0.39, 0.29) is 17.3 Å². The van der Waals surface area contributed by atoms with Crippen LogP contribution < -0.4 is 8.92 Å². The molecular weight excluding hydrogens is 400 g/mol. The lowest BCUT2D eigenvalue weighted by molar-refractivity contribution is 0.112. The molecule has 0 aromatic heterocycles. The minimum absolute atomic E-state index is 0.0681. The Morgan fingerprint density at radius 1 is 0.867 bits per heavy atom. The maximum Gasteiger partial charge on any atom is 0.339 e. The molecule has 3 rings (SSSR count). The second kappa shape index (κ2) is 8.71. The highest BCUT2D eigenvalue weighted by atomic mass is 32.2. The molecule has 30 heavy (non-hydrogen) atoms. The Kier molecular flexibility index (Phi) is 6.27. The summed E-state index contributed by atoms with van der Waals surface area (Å²) in [6, 6.07) is 15.3. The van der Waals surface area contributed by atoms with Gasteiger partial charge in [0, 0.05) is 11.1 Å². The van der Waals surface area contributed by atoms with Crippen LogP contribution >= 0.6 is 0 Å². The molecule has 3 aromatic carbocycles. The zero-order chi connectivity index (χ0) is 21.9. The Morgan fingerprint density at radius 2 is 1.50 bits per heavy atom. The third kappa shape index (κ3) is 4.71. The number of ether oxygens (including phenoxy) is 1. The van der Waals surface area contributed by atoms with Crippen molar-refractivity contribution in [2.75, 3.05) is 0 Å². The average molecular weight is 425 g/mol. The first-order chi connectivity index (χ1) is 14.2. The van der Waals surface area contributed by atoms with Crippen LogP contribution in [0.25, 0.3) is 0 Å². The van der Waals surface area contributed by atoms with E-state index in [1.54, 1.807) is 19.1 Å². The van der Waals surface area contributed by atoms with Gasteiger partial charge in [0.05, 0.1) is 0 Å². The average Bonchev–Trinajstić information content (AvgIpc) is 2.67. The summed E-state index contributed by atoms with van der Waals surface area (Å²) in [5.41, 5.74) is 4.54. The lowest BCUT2D eigenvalue weighted by Crippen LogP contribution is -2.11. The fourth-order valence-electron chi connectivity index (χ4n) is 3.23. The SMILES string of the molecule is Cc1ccc(S(=O)(=O)Oc2cc(C)c(C=O)c(COc3c(C)cccc3C)c2)cc1. The topological polar surface area (TPSA) is 69.7 Å². The lowest BCUT2D eigenvalue weighted by Gasteiger charge is -2.15. The molecule has 3 aromatic rings. The van der Waals surface area contributed by atoms with Gasteiger partial charge in [-0.1, -0.05) is 35.9 Å². The van der Waals surface area contributed by atoms with E-state index in [1.807, 2.05) is 39.0 Å². The van der Waals surface area contributed by atoms with Gasteiger partial charge in [-0.25, -0.2) is 0 Å². The Morgan fingerprint density at radius 3 is 2.10 bits per heavy atom. The van der Waals surface area contributed by atoms with Crippen LogP contribution in [0.15, 0.2) is 59.5 Å². The van der Waals surface area contributed by atoms with Crippen molar-refractivity contribution in [2.45, 2.75) is 39.2 Å². The van der Waals surface area contributed by atoms with Crippen molar-refractivity contribution in [1.82, 2.24) is 0 Å². The van der Waals surface area contributed by atoms with Crippen LogP contribution in [0.1, 0.15) is 38.2 Å². The summed E-state index contributed by atoms with van der Waals surface area (Å²) in [5.74, 6) is 0.879. The van der Waals surface area contributed by atoms with Gasteiger partial charge in [0.15, 0.2) is 6.29 Å². The summed E-state index contributed by atoms with van der Waals surface area (Å²) < 4.78 is 36.6. The summed E-state index contributed by atoms with van der Waals surface area (Å²) in [4.78, 5) is 11.7. The third-order valence-corrected chi connectivity index (χ3v) is 6.12. The lowest BCUT2D eigenvalue weighted by atomic mass is 10.0. The van der Waals surface area contributed by atoms with Crippen molar-refractivity contribution in [3.63, 3.8) is 0 Å². The van der Waals surface area contributed by atoms with Gasteiger partial charge in [-0.15, -0.1) is 0 Å². The molecule has 0 aliphatic rings.